The zero-order chi connectivity index (χ0) is 17.6. The van der Waals surface area contributed by atoms with E-state index in [1.807, 2.05) is 31.3 Å². The molecule has 0 spiro atoms. The molecule has 0 aliphatic carbocycles. The fourth-order valence-electron chi connectivity index (χ4n) is 3.17. The number of hydrogen-bond donors (Lipinski definition) is 2. The van der Waals surface area contributed by atoms with Crippen molar-refractivity contribution < 1.29 is 22.4 Å². The maximum absolute atomic E-state index is 11.6. The van der Waals surface area contributed by atoms with Crippen LogP contribution < -0.4 is 9.47 Å². The molecule has 0 radical (unpaired) electrons. The van der Waals surface area contributed by atoms with Gasteiger partial charge in [0.2, 0.25) is 0 Å². The third kappa shape index (κ3) is 2.96. The Morgan fingerprint density at radius 3 is 2.88 bits per heavy atom. The van der Waals surface area contributed by atoms with Gasteiger partial charge in [0.05, 0.1) is 4.90 Å². The number of benzene rings is 2. The first-order valence-electron chi connectivity index (χ1n) is 7.88. The van der Waals surface area contributed by atoms with Crippen LogP contribution in [0.5, 0.6) is 11.5 Å². The molecule has 1 atom stereocenters. The zero-order valence-corrected chi connectivity index (χ0v) is 14.3. The molecule has 0 amide bonds. The third-order valence-electron chi connectivity index (χ3n) is 4.30. The van der Waals surface area contributed by atoms with Gasteiger partial charge in [0.1, 0.15) is 12.7 Å². The lowest BCUT2D eigenvalue weighted by Gasteiger charge is -2.27. The Morgan fingerprint density at radius 1 is 1.24 bits per heavy atom. The highest BCUT2D eigenvalue weighted by Gasteiger charge is 2.26. The average molecular weight is 359 g/mol. The van der Waals surface area contributed by atoms with Crippen LogP contribution in [0.3, 0.4) is 0 Å². The molecule has 2 N–H and O–H groups in total. The van der Waals surface area contributed by atoms with Crippen molar-refractivity contribution >= 4 is 21.0 Å². The van der Waals surface area contributed by atoms with E-state index >= 15 is 0 Å². The number of nitrogens with one attached hydrogen (secondary N) is 1. The van der Waals surface area contributed by atoms with Crippen LogP contribution in [0, 0.1) is 6.92 Å². The fraction of sp³-hybridized carbons (Fsp3) is 0.222. The minimum atomic E-state index is -4.29. The van der Waals surface area contributed by atoms with Crippen molar-refractivity contribution in [2.24, 2.45) is 0 Å². The van der Waals surface area contributed by atoms with Gasteiger partial charge in [-0.05, 0) is 36.8 Å². The summed E-state index contributed by atoms with van der Waals surface area (Å²) in [7, 11) is -4.29. The lowest BCUT2D eigenvalue weighted by atomic mass is 10.0. The Kier molecular flexibility index (Phi) is 3.70. The molecule has 0 saturated carbocycles. The van der Waals surface area contributed by atoms with Crippen LogP contribution in [0.2, 0.25) is 0 Å². The second-order valence-electron chi connectivity index (χ2n) is 6.17. The molecule has 130 valence electrons. The van der Waals surface area contributed by atoms with Crippen LogP contribution in [-0.2, 0) is 16.5 Å². The van der Waals surface area contributed by atoms with E-state index in [4.69, 9.17) is 9.47 Å². The lowest BCUT2D eigenvalue weighted by Crippen LogP contribution is -2.31. The maximum atomic E-state index is 11.6. The van der Waals surface area contributed by atoms with E-state index < -0.39 is 10.1 Å². The summed E-state index contributed by atoms with van der Waals surface area (Å²) in [6.45, 7) is 2.18. The van der Waals surface area contributed by atoms with Crippen LogP contribution in [0.25, 0.3) is 10.9 Å². The third-order valence-corrected chi connectivity index (χ3v) is 5.25. The maximum Gasteiger partial charge on any atom is 0.294 e. The SMILES string of the molecule is Cc1ccc(S(=O)(=O)O)c(CC2COc3ccc4[nH]ccc4c3O2)c1. The monoisotopic (exact) mass is 359 g/mol. The first kappa shape index (κ1) is 16.0. The quantitative estimate of drug-likeness (QED) is 0.702. The van der Waals surface area contributed by atoms with Crippen LogP contribution in [0.4, 0.5) is 0 Å². The second-order valence-corrected chi connectivity index (χ2v) is 7.56. The molecule has 1 unspecified atom stereocenters. The summed E-state index contributed by atoms with van der Waals surface area (Å²) in [5.41, 5.74) is 2.37. The Bertz CT molecular complexity index is 1050. The standard InChI is InChI=1S/C18H17NO5S/c1-11-2-5-17(25(20,21)22)12(8-11)9-13-10-23-16-4-3-15-14(6-7-19-15)18(16)24-13/h2-8,13,19H,9-10H2,1H3,(H,20,21,22). The molecule has 3 aromatic rings. The predicted octanol–water partition coefficient (Wildman–Crippen LogP) is 3.11. The van der Waals surface area contributed by atoms with Crippen LogP contribution >= 0.6 is 0 Å². The first-order chi connectivity index (χ1) is 11.9. The van der Waals surface area contributed by atoms with Crippen molar-refractivity contribution in [3.05, 3.63) is 53.7 Å². The molecule has 2 aromatic carbocycles. The summed E-state index contributed by atoms with van der Waals surface area (Å²) in [5.74, 6) is 1.32. The Morgan fingerprint density at radius 2 is 2.08 bits per heavy atom. The molecule has 1 aliphatic rings. The summed E-state index contributed by atoms with van der Waals surface area (Å²) in [6.07, 6.45) is 1.79. The lowest BCUT2D eigenvalue weighted by molar-refractivity contribution is 0.0929. The Labute approximate surface area is 145 Å². The normalized spacial score (nSPS) is 17.0. The zero-order valence-electron chi connectivity index (χ0n) is 13.5. The van der Waals surface area contributed by atoms with Crippen molar-refractivity contribution in [1.29, 1.82) is 0 Å². The number of aromatic nitrogens is 1. The topological polar surface area (TPSA) is 88.6 Å². The minimum Gasteiger partial charge on any atom is -0.486 e. The van der Waals surface area contributed by atoms with E-state index in [1.165, 1.54) is 6.07 Å². The van der Waals surface area contributed by atoms with Gasteiger partial charge in [-0.1, -0.05) is 17.7 Å². The van der Waals surface area contributed by atoms with E-state index in [-0.39, 0.29) is 11.0 Å². The van der Waals surface area contributed by atoms with Gasteiger partial charge in [0.25, 0.3) is 10.1 Å². The number of aromatic amines is 1. The van der Waals surface area contributed by atoms with Crippen LogP contribution in [0.1, 0.15) is 11.1 Å². The molecule has 0 saturated heterocycles. The largest absolute Gasteiger partial charge is 0.486 e. The molecule has 4 rings (SSSR count). The number of ether oxygens (including phenoxy) is 2. The van der Waals surface area contributed by atoms with Gasteiger partial charge in [-0.2, -0.15) is 8.42 Å². The molecule has 2 heterocycles. The highest BCUT2D eigenvalue weighted by atomic mass is 32.2. The molecule has 25 heavy (non-hydrogen) atoms. The average Bonchev–Trinajstić information content (AvgIpc) is 3.03. The van der Waals surface area contributed by atoms with Gasteiger partial charge in [0.15, 0.2) is 11.5 Å². The van der Waals surface area contributed by atoms with Gasteiger partial charge >= 0.3 is 0 Å². The summed E-state index contributed by atoms with van der Waals surface area (Å²) < 4.78 is 44.6. The Balaban J connectivity index is 1.68. The van der Waals surface area contributed by atoms with Gasteiger partial charge in [0, 0.05) is 23.5 Å². The number of rotatable bonds is 3. The van der Waals surface area contributed by atoms with Crippen LogP contribution in [-0.4, -0.2) is 30.7 Å². The van der Waals surface area contributed by atoms with E-state index in [0.717, 1.165) is 16.5 Å². The summed E-state index contributed by atoms with van der Waals surface area (Å²) in [6, 6.07) is 10.5. The molecule has 6 nitrogen and oxygen atoms in total. The highest BCUT2D eigenvalue weighted by molar-refractivity contribution is 7.85. The van der Waals surface area contributed by atoms with Gasteiger partial charge in [-0.15, -0.1) is 0 Å². The minimum absolute atomic E-state index is 0.0904. The molecule has 1 aliphatic heterocycles. The molecule has 0 bridgehead atoms. The van der Waals surface area contributed by atoms with Crippen LogP contribution in [0.15, 0.2) is 47.5 Å². The number of H-pyrrole nitrogens is 1. The second kappa shape index (κ2) is 5.79. The van der Waals surface area contributed by atoms with E-state index in [2.05, 4.69) is 4.98 Å². The predicted molar refractivity (Wildman–Crippen MR) is 92.9 cm³/mol. The number of fused-ring (bicyclic) bond motifs is 3. The smallest absolute Gasteiger partial charge is 0.294 e. The van der Waals surface area contributed by atoms with Crippen molar-refractivity contribution in [2.75, 3.05) is 6.61 Å². The molecular weight excluding hydrogens is 342 g/mol. The molecular formula is C18H17NO5S. The summed E-state index contributed by atoms with van der Waals surface area (Å²) in [5, 5.41) is 0.918. The summed E-state index contributed by atoms with van der Waals surface area (Å²) >= 11 is 0. The van der Waals surface area contributed by atoms with Crippen molar-refractivity contribution in [2.45, 2.75) is 24.3 Å². The fourth-order valence-corrected chi connectivity index (χ4v) is 3.88. The van der Waals surface area contributed by atoms with E-state index in [1.54, 1.807) is 12.1 Å². The van der Waals surface area contributed by atoms with E-state index in [9.17, 15) is 13.0 Å². The Hall–Kier alpha value is -2.51. The number of hydrogen-bond acceptors (Lipinski definition) is 4. The van der Waals surface area contributed by atoms with Crippen molar-refractivity contribution in [3.8, 4) is 11.5 Å². The molecule has 0 fully saturated rings. The van der Waals surface area contributed by atoms with Gasteiger partial charge in [-0.3, -0.25) is 4.55 Å². The first-order valence-corrected chi connectivity index (χ1v) is 9.32. The molecule has 7 heteroatoms. The van der Waals surface area contributed by atoms with Crippen molar-refractivity contribution in [3.63, 3.8) is 0 Å². The highest BCUT2D eigenvalue weighted by Crippen LogP contribution is 2.39. The van der Waals surface area contributed by atoms with Crippen molar-refractivity contribution in [1.82, 2.24) is 4.98 Å². The van der Waals surface area contributed by atoms with Gasteiger partial charge < -0.3 is 14.5 Å². The summed E-state index contributed by atoms with van der Waals surface area (Å²) in [4.78, 5) is 3.03. The van der Waals surface area contributed by atoms with E-state index in [0.29, 0.717) is 30.1 Å². The molecule has 1 aromatic heterocycles. The number of aryl methyl sites for hydroxylation is 1. The van der Waals surface area contributed by atoms with Gasteiger partial charge in [-0.25, -0.2) is 0 Å².